The number of carbonyl (C=O) groups excluding carboxylic acids is 1. The van der Waals surface area contributed by atoms with Crippen LogP contribution in [0.3, 0.4) is 0 Å². The molecule has 0 atom stereocenters. The fourth-order valence-corrected chi connectivity index (χ4v) is 2.55. The number of amides is 2. The van der Waals surface area contributed by atoms with Crippen LogP contribution < -0.4 is 15.4 Å². The average molecular weight is 346 g/mol. The second-order valence-electron chi connectivity index (χ2n) is 5.78. The van der Waals surface area contributed by atoms with Crippen LogP contribution in [-0.2, 0) is 6.18 Å². The number of halogens is 3. The number of aliphatic hydroxyl groups excluding tert-OH is 1. The lowest BCUT2D eigenvalue weighted by atomic mass is 9.93. The number of aliphatic hydroxyl groups is 1. The largest absolute Gasteiger partial charge is 0.492 e. The Labute approximate surface area is 138 Å². The number of rotatable bonds is 5. The maximum absolute atomic E-state index is 12.6. The highest BCUT2D eigenvalue weighted by atomic mass is 19.4. The third-order valence-corrected chi connectivity index (χ3v) is 3.85. The second kappa shape index (κ2) is 8.23. The van der Waals surface area contributed by atoms with Crippen molar-refractivity contribution < 1.29 is 27.8 Å². The van der Waals surface area contributed by atoms with Gasteiger partial charge in [0.05, 0.1) is 18.2 Å². The highest BCUT2D eigenvalue weighted by Crippen LogP contribution is 2.31. The molecule has 0 aromatic heterocycles. The minimum Gasteiger partial charge on any atom is -0.492 e. The summed E-state index contributed by atoms with van der Waals surface area (Å²) < 4.78 is 42.9. The van der Waals surface area contributed by atoms with Gasteiger partial charge in [0.15, 0.2) is 0 Å². The van der Waals surface area contributed by atoms with E-state index in [-0.39, 0.29) is 37.1 Å². The molecule has 1 aliphatic carbocycles. The van der Waals surface area contributed by atoms with Crippen LogP contribution in [0.1, 0.15) is 31.2 Å². The zero-order valence-corrected chi connectivity index (χ0v) is 13.1. The normalized spacial score (nSPS) is 21.2. The summed E-state index contributed by atoms with van der Waals surface area (Å²) in [5.41, 5.74) is -0.773. The van der Waals surface area contributed by atoms with Crippen molar-refractivity contribution in [3.05, 3.63) is 29.8 Å². The van der Waals surface area contributed by atoms with Crippen molar-refractivity contribution in [2.45, 2.75) is 44.0 Å². The lowest BCUT2D eigenvalue weighted by Crippen LogP contribution is -2.45. The molecule has 0 bridgehead atoms. The van der Waals surface area contributed by atoms with E-state index in [1.807, 2.05) is 0 Å². The zero-order chi connectivity index (χ0) is 17.6. The van der Waals surface area contributed by atoms with Gasteiger partial charge in [0, 0.05) is 6.04 Å². The van der Waals surface area contributed by atoms with Crippen LogP contribution in [0.5, 0.6) is 5.75 Å². The number of urea groups is 1. The molecule has 1 saturated carbocycles. The average Bonchev–Trinajstić information content (AvgIpc) is 2.53. The first kappa shape index (κ1) is 18.4. The lowest BCUT2D eigenvalue weighted by molar-refractivity contribution is -0.137. The first-order valence-corrected chi connectivity index (χ1v) is 7.87. The van der Waals surface area contributed by atoms with E-state index in [1.54, 1.807) is 0 Å². The van der Waals surface area contributed by atoms with E-state index in [0.717, 1.165) is 25.0 Å². The zero-order valence-electron chi connectivity index (χ0n) is 13.1. The van der Waals surface area contributed by atoms with Crippen molar-refractivity contribution in [3.8, 4) is 5.75 Å². The number of hydrogen-bond donors (Lipinski definition) is 3. The monoisotopic (exact) mass is 346 g/mol. The van der Waals surface area contributed by atoms with Gasteiger partial charge in [0.25, 0.3) is 0 Å². The van der Waals surface area contributed by atoms with Crippen LogP contribution in [0, 0.1) is 0 Å². The standard InChI is InChI=1S/C16H21F3N2O3/c17-16(18,19)11-2-1-3-14(10-11)24-9-8-20-15(23)21-12-4-6-13(22)7-5-12/h1-3,10,12-13,22H,4-9H2,(H2,20,21,23). The van der Waals surface area contributed by atoms with E-state index in [0.29, 0.717) is 12.8 Å². The van der Waals surface area contributed by atoms with Gasteiger partial charge in [-0.2, -0.15) is 13.2 Å². The van der Waals surface area contributed by atoms with Gasteiger partial charge in [-0.15, -0.1) is 0 Å². The predicted octanol–water partition coefficient (Wildman–Crippen LogP) is 2.69. The van der Waals surface area contributed by atoms with E-state index in [1.165, 1.54) is 12.1 Å². The first-order chi connectivity index (χ1) is 11.3. The summed E-state index contributed by atoms with van der Waals surface area (Å²) in [7, 11) is 0. The van der Waals surface area contributed by atoms with Crippen molar-refractivity contribution in [1.29, 1.82) is 0 Å². The molecule has 0 radical (unpaired) electrons. The van der Waals surface area contributed by atoms with Crippen LogP contribution in [-0.4, -0.2) is 36.4 Å². The topological polar surface area (TPSA) is 70.6 Å². The minimum atomic E-state index is -4.41. The fourth-order valence-electron chi connectivity index (χ4n) is 2.55. The molecule has 0 spiro atoms. The van der Waals surface area contributed by atoms with E-state index in [9.17, 15) is 23.1 Å². The van der Waals surface area contributed by atoms with Gasteiger partial charge in [-0.3, -0.25) is 0 Å². The summed E-state index contributed by atoms with van der Waals surface area (Å²) in [5.74, 6) is 0.105. The number of benzene rings is 1. The maximum atomic E-state index is 12.6. The Morgan fingerprint density at radius 1 is 1.25 bits per heavy atom. The Kier molecular flexibility index (Phi) is 6.30. The minimum absolute atomic E-state index is 0.0396. The predicted molar refractivity (Wildman–Crippen MR) is 81.7 cm³/mol. The molecule has 5 nitrogen and oxygen atoms in total. The van der Waals surface area contributed by atoms with Crippen molar-refractivity contribution in [2.75, 3.05) is 13.2 Å². The number of alkyl halides is 3. The molecule has 2 amide bonds. The van der Waals surface area contributed by atoms with Gasteiger partial charge in [0.2, 0.25) is 0 Å². The van der Waals surface area contributed by atoms with Gasteiger partial charge in [-0.1, -0.05) is 6.07 Å². The third-order valence-electron chi connectivity index (χ3n) is 3.85. The smallest absolute Gasteiger partial charge is 0.416 e. The third kappa shape index (κ3) is 5.92. The molecule has 1 fully saturated rings. The number of ether oxygens (including phenoxy) is 1. The molecule has 8 heteroatoms. The van der Waals surface area contributed by atoms with E-state index >= 15 is 0 Å². The molecule has 0 unspecified atom stereocenters. The van der Waals surface area contributed by atoms with Crippen LogP contribution in [0.2, 0.25) is 0 Å². The number of carbonyl (C=O) groups is 1. The Morgan fingerprint density at radius 2 is 1.96 bits per heavy atom. The fraction of sp³-hybridized carbons (Fsp3) is 0.562. The van der Waals surface area contributed by atoms with Crippen molar-refractivity contribution in [1.82, 2.24) is 10.6 Å². The van der Waals surface area contributed by atoms with Gasteiger partial charge < -0.3 is 20.5 Å². The van der Waals surface area contributed by atoms with E-state index in [2.05, 4.69) is 10.6 Å². The summed E-state index contributed by atoms with van der Waals surface area (Å²) in [6.07, 6.45) is -1.89. The molecule has 3 N–H and O–H groups in total. The molecule has 134 valence electrons. The summed E-state index contributed by atoms with van der Waals surface area (Å²) in [4.78, 5) is 11.7. The van der Waals surface area contributed by atoms with Crippen LogP contribution in [0.4, 0.5) is 18.0 Å². The number of nitrogens with one attached hydrogen (secondary N) is 2. The highest BCUT2D eigenvalue weighted by Gasteiger charge is 2.30. The molecule has 2 rings (SSSR count). The van der Waals surface area contributed by atoms with Crippen LogP contribution >= 0.6 is 0 Å². The summed E-state index contributed by atoms with van der Waals surface area (Å²) in [6, 6.07) is 4.30. The quantitative estimate of drug-likeness (QED) is 0.718. The van der Waals surface area contributed by atoms with E-state index in [4.69, 9.17) is 4.74 Å². The summed E-state index contributed by atoms with van der Waals surface area (Å²) >= 11 is 0. The molecule has 1 aliphatic rings. The van der Waals surface area contributed by atoms with Crippen LogP contribution in [0.15, 0.2) is 24.3 Å². The molecule has 1 aromatic carbocycles. The Balaban J connectivity index is 1.66. The summed E-state index contributed by atoms with van der Waals surface area (Å²) in [5, 5.41) is 14.8. The van der Waals surface area contributed by atoms with Crippen LogP contribution in [0.25, 0.3) is 0 Å². The maximum Gasteiger partial charge on any atom is 0.416 e. The van der Waals surface area contributed by atoms with Gasteiger partial charge in [0.1, 0.15) is 12.4 Å². The molecule has 0 saturated heterocycles. The van der Waals surface area contributed by atoms with E-state index < -0.39 is 11.7 Å². The molecule has 24 heavy (non-hydrogen) atoms. The molecule has 1 aromatic rings. The Morgan fingerprint density at radius 3 is 2.62 bits per heavy atom. The second-order valence-corrected chi connectivity index (χ2v) is 5.78. The van der Waals surface area contributed by atoms with Gasteiger partial charge in [-0.05, 0) is 43.9 Å². The number of hydrogen-bond acceptors (Lipinski definition) is 3. The van der Waals surface area contributed by atoms with Crippen molar-refractivity contribution in [3.63, 3.8) is 0 Å². The molecular weight excluding hydrogens is 325 g/mol. The summed E-state index contributed by atoms with van der Waals surface area (Å²) in [6.45, 7) is 0.246. The van der Waals surface area contributed by atoms with Crippen molar-refractivity contribution >= 4 is 6.03 Å². The molecule has 0 heterocycles. The Hall–Kier alpha value is -1.96. The van der Waals surface area contributed by atoms with Gasteiger partial charge in [-0.25, -0.2) is 4.79 Å². The molecular formula is C16H21F3N2O3. The Bertz CT molecular complexity index is 544. The van der Waals surface area contributed by atoms with Gasteiger partial charge >= 0.3 is 12.2 Å². The first-order valence-electron chi connectivity index (χ1n) is 7.87. The lowest BCUT2D eigenvalue weighted by Gasteiger charge is -2.26. The highest BCUT2D eigenvalue weighted by molar-refractivity contribution is 5.74. The van der Waals surface area contributed by atoms with Crippen molar-refractivity contribution in [2.24, 2.45) is 0 Å². The molecule has 0 aliphatic heterocycles. The SMILES string of the molecule is O=C(NCCOc1cccc(C(F)(F)F)c1)NC1CCC(O)CC1.